The summed E-state index contributed by atoms with van der Waals surface area (Å²) >= 11 is 0. The van der Waals surface area contributed by atoms with Crippen molar-refractivity contribution in [2.75, 3.05) is 6.54 Å². The lowest BCUT2D eigenvalue weighted by atomic mass is 10.1. The smallest absolute Gasteiger partial charge is 0.0783 e. The first-order valence-corrected chi connectivity index (χ1v) is 9.91. The minimum absolute atomic E-state index is 0.293. The lowest BCUT2D eigenvalue weighted by Gasteiger charge is -2.35. The van der Waals surface area contributed by atoms with Gasteiger partial charge in [-0.15, -0.1) is 0 Å². The number of nitrogens with one attached hydrogen (secondary N) is 1. The van der Waals surface area contributed by atoms with Crippen LogP contribution in [0.25, 0.3) is 0 Å². The molecule has 2 atom stereocenters. The SMILES string of the molecule is CCCC[SiH]1CCCC1(CCCC)ONCC. The molecular weight excluding hydrogens is 226 g/mol. The van der Waals surface area contributed by atoms with Gasteiger partial charge in [0.1, 0.15) is 0 Å². The van der Waals surface area contributed by atoms with Gasteiger partial charge in [0.25, 0.3) is 0 Å². The van der Waals surface area contributed by atoms with Gasteiger partial charge in [0, 0.05) is 6.54 Å². The molecule has 102 valence electrons. The normalized spacial score (nSPS) is 28.8. The summed E-state index contributed by atoms with van der Waals surface area (Å²) in [6.45, 7) is 7.66. The fourth-order valence-electron chi connectivity index (χ4n) is 3.18. The van der Waals surface area contributed by atoms with Crippen LogP contribution in [-0.4, -0.2) is 20.6 Å². The summed E-state index contributed by atoms with van der Waals surface area (Å²) in [7, 11) is -0.697. The Labute approximate surface area is 109 Å². The molecule has 0 aromatic heterocycles. The number of hydrogen-bond acceptors (Lipinski definition) is 2. The van der Waals surface area contributed by atoms with E-state index in [1.807, 2.05) is 0 Å². The fourth-order valence-corrected chi connectivity index (χ4v) is 7.59. The summed E-state index contributed by atoms with van der Waals surface area (Å²) in [5.74, 6) is 0. The average Bonchev–Trinajstić information content (AvgIpc) is 2.75. The number of hydroxylamine groups is 1. The van der Waals surface area contributed by atoms with E-state index in [0.29, 0.717) is 5.22 Å². The molecule has 3 heteroatoms. The molecule has 0 amide bonds. The molecule has 1 aliphatic heterocycles. The quantitative estimate of drug-likeness (QED) is 0.501. The lowest BCUT2D eigenvalue weighted by molar-refractivity contribution is -0.0615. The van der Waals surface area contributed by atoms with Gasteiger partial charge in [0.05, 0.1) is 14.0 Å². The zero-order valence-corrected chi connectivity index (χ0v) is 13.2. The van der Waals surface area contributed by atoms with Crippen molar-refractivity contribution < 1.29 is 4.84 Å². The Morgan fingerprint density at radius 2 is 1.94 bits per heavy atom. The molecule has 0 spiro atoms. The van der Waals surface area contributed by atoms with Crippen LogP contribution in [0.3, 0.4) is 0 Å². The zero-order valence-electron chi connectivity index (χ0n) is 12.1. The number of hydrogen-bond donors (Lipinski definition) is 1. The van der Waals surface area contributed by atoms with Crippen LogP contribution in [0.1, 0.15) is 65.7 Å². The van der Waals surface area contributed by atoms with Crippen molar-refractivity contribution in [1.82, 2.24) is 5.48 Å². The molecule has 1 fully saturated rings. The molecule has 1 rings (SSSR count). The first-order chi connectivity index (χ1) is 8.29. The third-order valence-corrected chi connectivity index (χ3v) is 8.57. The largest absolute Gasteiger partial charge is 0.299 e. The van der Waals surface area contributed by atoms with Gasteiger partial charge < -0.3 is 0 Å². The van der Waals surface area contributed by atoms with Gasteiger partial charge in [-0.05, 0) is 12.8 Å². The van der Waals surface area contributed by atoms with Crippen LogP contribution in [0, 0.1) is 0 Å². The molecule has 1 heterocycles. The lowest BCUT2D eigenvalue weighted by Crippen LogP contribution is -2.47. The average molecular weight is 257 g/mol. The monoisotopic (exact) mass is 257 g/mol. The summed E-state index contributed by atoms with van der Waals surface area (Å²) in [6.07, 6.45) is 9.43. The second-order valence-corrected chi connectivity index (χ2v) is 9.10. The van der Waals surface area contributed by atoms with Gasteiger partial charge in [-0.2, -0.15) is 0 Å². The van der Waals surface area contributed by atoms with E-state index in [1.165, 1.54) is 57.0 Å². The minimum Gasteiger partial charge on any atom is -0.299 e. The van der Waals surface area contributed by atoms with Crippen molar-refractivity contribution in [3.05, 3.63) is 0 Å². The summed E-state index contributed by atoms with van der Waals surface area (Å²) in [6, 6.07) is 3.00. The molecule has 0 radical (unpaired) electrons. The highest BCUT2D eigenvalue weighted by Gasteiger charge is 2.44. The van der Waals surface area contributed by atoms with Gasteiger partial charge in [0.2, 0.25) is 0 Å². The van der Waals surface area contributed by atoms with E-state index in [9.17, 15) is 0 Å². The Bertz CT molecular complexity index is 191. The summed E-state index contributed by atoms with van der Waals surface area (Å²) in [5, 5.41) is 0.293. The maximum Gasteiger partial charge on any atom is 0.0783 e. The molecule has 1 saturated heterocycles. The van der Waals surface area contributed by atoms with Crippen molar-refractivity contribution >= 4 is 8.80 Å². The Kier molecular flexibility index (Phi) is 7.40. The predicted octanol–water partition coefficient (Wildman–Crippen LogP) is 3.82. The van der Waals surface area contributed by atoms with Crippen LogP contribution in [0.5, 0.6) is 0 Å². The van der Waals surface area contributed by atoms with Gasteiger partial charge >= 0.3 is 0 Å². The van der Waals surface area contributed by atoms with Crippen molar-refractivity contribution in [3.63, 3.8) is 0 Å². The first-order valence-electron chi connectivity index (χ1n) is 7.70. The molecule has 2 nitrogen and oxygen atoms in total. The second-order valence-electron chi connectivity index (χ2n) is 5.50. The second kappa shape index (κ2) is 8.28. The van der Waals surface area contributed by atoms with Crippen LogP contribution in [0.4, 0.5) is 0 Å². The third kappa shape index (κ3) is 4.38. The highest BCUT2D eigenvalue weighted by molar-refractivity contribution is 6.63. The minimum atomic E-state index is -0.697. The van der Waals surface area contributed by atoms with E-state index in [-0.39, 0.29) is 0 Å². The van der Waals surface area contributed by atoms with Crippen molar-refractivity contribution in [3.8, 4) is 0 Å². The Balaban J connectivity index is 2.57. The number of unbranched alkanes of at least 4 members (excludes halogenated alkanes) is 2. The highest BCUT2D eigenvalue weighted by Crippen LogP contribution is 2.39. The van der Waals surface area contributed by atoms with Gasteiger partial charge in [-0.25, -0.2) is 5.48 Å². The van der Waals surface area contributed by atoms with E-state index in [2.05, 4.69) is 26.3 Å². The summed E-state index contributed by atoms with van der Waals surface area (Å²) in [5.41, 5.74) is 3.18. The van der Waals surface area contributed by atoms with Gasteiger partial charge in [0.15, 0.2) is 0 Å². The van der Waals surface area contributed by atoms with Crippen molar-refractivity contribution in [2.24, 2.45) is 0 Å². The highest BCUT2D eigenvalue weighted by atomic mass is 28.3. The molecule has 1 N–H and O–H groups in total. The van der Waals surface area contributed by atoms with E-state index in [0.717, 1.165) is 6.54 Å². The van der Waals surface area contributed by atoms with E-state index >= 15 is 0 Å². The molecule has 17 heavy (non-hydrogen) atoms. The van der Waals surface area contributed by atoms with Crippen LogP contribution in [0.2, 0.25) is 12.1 Å². The van der Waals surface area contributed by atoms with Crippen molar-refractivity contribution in [2.45, 2.75) is 83.0 Å². The molecule has 1 aliphatic rings. The van der Waals surface area contributed by atoms with Crippen LogP contribution < -0.4 is 5.48 Å². The maximum atomic E-state index is 6.16. The Hall–Kier alpha value is 0.137. The fraction of sp³-hybridized carbons (Fsp3) is 1.00. The Morgan fingerprint density at radius 3 is 2.59 bits per heavy atom. The number of rotatable bonds is 9. The Morgan fingerprint density at radius 1 is 1.18 bits per heavy atom. The topological polar surface area (TPSA) is 21.3 Å². The van der Waals surface area contributed by atoms with E-state index < -0.39 is 8.80 Å². The zero-order chi connectivity index (χ0) is 12.6. The molecule has 0 aliphatic carbocycles. The van der Waals surface area contributed by atoms with Gasteiger partial charge in [-0.1, -0.05) is 65.0 Å². The molecule has 0 bridgehead atoms. The summed E-state index contributed by atoms with van der Waals surface area (Å²) in [4.78, 5) is 6.16. The van der Waals surface area contributed by atoms with Gasteiger partial charge in [-0.3, -0.25) is 4.84 Å². The van der Waals surface area contributed by atoms with Crippen LogP contribution in [0.15, 0.2) is 0 Å². The first kappa shape index (κ1) is 15.2. The molecule has 0 aromatic carbocycles. The maximum absolute atomic E-state index is 6.16. The predicted molar refractivity (Wildman–Crippen MR) is 77.9 cm³/mol. The molecular formula is C14H31NOSi. The van der Waals surface area contributed by atoms with Crippen LogP contribution in [-0.2, 0) is 4.84 Å². The van der Waals surface area contributed by atoms with E-state index in [1.54, 1.807) is 0 Å². The molecule has 2 unspecified atom stereocenters. The van der Waals surface area contributed by atoms with Crippen LogP contribution >= 0.6 is 0 Å². The standard InChI is InChI=1S/C14H31NOSi/c1-4-7-10-14(16-15-6-3)11-9-13-17(14)12-8-5-2/h15,17H,4-13H2,1-3H3. The molecule has 0 aromatic rings. The van der Waals surface area contributed by atoms with E-state index in [4.69, 9.17) is 4.84 Å². The summed E-state index contributed by atoms with van der Waals surface area (Å²) < 4.78 is 0. The van der Waals surface area contributed by atoms with Crippen molar-refractivity contribution in [1.29, 1.82) is 0 Å². The third-order valence-electron chi connectivity index (χ3n) is 4.18. The molecule has 0 saturated carbocycles.